The number of hydrogen-bond acceptors (Lipinski definition) is 3. The predicted octanol–water partition coefficient (Wildman–Crippen LogP) is 5.19. The van der Waals surface area contributed by atoms with Crippen LogP contribution in [0.5, 0.6) is 0 Å². The summed E-state index contributed by atoms with van der Waals surface area (Å²) in [6, 6.07) is 0. The van der Waals surface area contributed by atoms with E-state index in [4.69, 9.17) is 0 Å². The molecule has 0 aromatic rings. The van der Waals surface area contributed by atoms with Gasteiger partial charge in [-0.3, -0.25) is 4.90 Å². The maximum absolute atomic E-state index is 14.5. The van der Waals surface area contributed by atoms with Crippen LogP contribution >= 0.6 is 0 Å². The van der Waals surface area contributed by atoms with Crippen molar-refractivity contribution < 1.29 is 75.3 Å². The van der Waals surface area contributed by atoms with Gasteiger partial charge in [0, 0.05) is 13.1 Å². The zero-order valence-electron chi connectivity index (χ0n) is 15.7. The van der Waals surface area contributed by atoms with Crippen LogP contribution in [-0.4, -0.2) is 85.2 Å². The lowest BCUT2D eigenvalue weighted by atomic mass is 10.0. The smallest absolute Gasteiger partial charge is 0.362 e. The molecule has 0 aliphatic carbocycles. The summed E-state index contributed by atoms with van der Waals surface area (Å²) in [5.41, 5.74) is 0. The summed E-state index contributed by atoms with van der Waals surface area (Å²) in [7, 11) is 0. The second kappa shape index (κ2) is 8.80. The first-order valence-corrected chi connectivity index (χ1v) is 8.88. The molecule has 6 atom stereocenters. The summed E-state index contributed by atoms with van der Waals surface area (Å²) in [6.45, 7) is -3.67. The van der Waals surface area contributed by atoms with Crippen molar-refractivity contribution in [2.75, 3.05) is 13.1 Å². The van der Waals surface area contributed by atoms with E-state index in [0.717, 1.165) is 0 Å². The minimum atomic E-state index is -6.11. The van der Waals surface area contributed by atoms with E-state index in [1.165, 1.54) is 0 Å². The number of ether oxygens (including phenoxy) is 2. The van der Waals surface area contributed by atoms with Crippen molar-refractivity contribution in [3.05, 3.63) is 0 Å². The molecule has 0 amide bonds. The van der Waals surface area contributed by atoms with E-state index in [1.54, 1.807) is 0 Å². The van der Waals surface area contributed by atoms with E-state index >= 15 is 0 Å². The third kappa shape index (κ3) is 5.91. The van der Waals surface area contributed by atoms with Crippen molar-refractivity contribution in [1.82, 2.24) is 4.90 Å². The van der Waals surface area contributed by atoms with E-state index in [0.29, 0.717) is 0 Å². The monoisotopic (exact) mass is 525 g/mol. The average molecular weight is 525 g/mol. The Morgan fingerprint density at radius 2 is 0.939 bits per heavy atom. The van der Waals surface area contributed by atoms with E-state index in [1.807, 2.05) is 0 Å². The summed E-state index contributed by atoms with van der Waals surface area (Å²) in [5, 5.41) is 0. The van der Waals surface area contributed by atoms with Crippen LogP contribution in [0.4, 0.5) is 65.9 Å². The summed E-state index contributed by atoms with van der Waals surface area (Å²) >= 11 is 0. The predicted molar refractivity (Wildman–Crippen MR) is 76.0 cm³/mol. The SMILES string of the molecule is FC(N1CC(C(F)(F)F)OC(C(F)(F)F)C1)C(F)(F)C1CCC(C(F)(F)C(F)C(F)(F)F)O1. The molecule has 0 spiro atoms. The van der Waals surface area contributed by atoms with Gasteiger partial charge in [-0.15, -0.1) is 0 Å². The molecule has 2 aliphatic rings. The van der Waals surface area contributed by atoms with E-state index in [2.05, 4.69) is 9.47 Å². The van der Waals surface area contributed by atoms with Crippen LogP contribution in [-0.2, 0) is 9.47 Å². The third-order valence-electron chi connectivity index (χ3n) is 5.00. The van der Waals surface area contributed by atoms with Crippen molar-refractivity contribution in [3.8, 4) is 0 Å². The maximum Gasteiger partial charge on any atom is 0.425 e. The molecular formula is C15H14F15NO2. The normalized spacial score (nSPS) is 31.0. The lowest BCUT2D eigenvalue weighted by molar-refractivity contribution is -0.323. The molecule has 0 saturated carbocycles. The minimum absolute atomic E-state index is 0.581. The number of hydrogen-bond donors (Lipinski definition) is 0. The first-order valence-electron chi connectivity index (χ1n) is 8.88. The summed E-state index contributed by atoms with van der Waals surface area (Å²) < 4.78 is 205. The zero-order valence-corrected chi connectivity index (χ0v) is 15.7. The standard InChI is InChI=1S/C15H14F15NO2/c16-9(15(28,29)30)11(18,19)5-1-2-6(32-5)12(20,21)10(17)31-3-7(13(22,23)24)33-8(4-31)14(25,26)27/h5-10H,1-4H2. The molecule has 6 unspecified atom stereocenters. The molecule has 3 nitrogen and oxygen atoms in total. The molecule has 0 radical (unpaired) electrons. The molecule has 18 heteroatoms. The van der Waals surface area contributed by atoms with Gasteiger partial charge in [0.25, 0.3) is 6.17 Å². The Morgan fingerprint density at radius 1 is 0.576 bits per heavy atom. The van der Waals surface area contributed by atoms with E-state index in [-0.39, 0.29) is 0 Å². The summed E-state index contributed by atoms with van der Waals surface area (Å²) in [6.07, 6.45) is -41.3. The molecule has 2 saturated heterocycles. The Hall–Kier alpha value is -1.17. The Bertz CT molecular complexity index is 654. The number of morpholine rings is 1. The molecule has 0 bridgehead atoms. The van der Waals surface area contributed by atoms with Crippen molar-refractivity contribution in [1.29, 1.82) is 0 Å². The number of alkyl halides is 15. The largest absolute Gasteiger partial charge is 0.425 e. The van der Waals surface area contributed by atoms with Crippen molar-refractivity contribution in [2.24, 2.45) is 0 Å². The fourth-order valence-corrected chi connectivity index (χ4v) is 3.31. The highest BCUT2D eigenvalue weighted by molar-refractivity contribution is 4.99. The quantitative estimate of drug-likeness (QED) is 0.364. The second-order valence-electron chi connectivity index (χ2n) is 7.43. The zero-order chi connectivity index (χ0) is 25.8. The van der Waals surface area contributed by atoms with Gasteiger partial charge in [0.2, 0.25) is 6.30 Å². The van der Waals surface area contributed by atoms with Crippen LogP contribution < -0.4 is 0 Å². The number of nitrogens with zero attached hydrogens (tertiary/aromatic N) is 1. The highest BCUT2D eigenvalue weighted by Gasteiger charge is 2.65. The highest BCUT2D eigenvalue weighted by Crippen LogP contribution is 2.46. The molecule has 2 fully saturated rings. The molecule has 196 valence electrons. The van der Waals surface area contributed by atoms with Crippen LogP contribution in [0, 0.1) is 0 Å². The molecular weight excluding hydrogens is 511 g/mol. The Balaban J connectivity index is 2.20. The van der Waals surface area contributed by atoms with Crippen molar-refractivity contribution in [2.45, 2.75) is 80.1 Å². The van der Waals surface area contributed by atoms with Crippen LogP contribution in [0.1, 0.15) is 12.8 Å². The maximum atomic E-state index is 14.5. The molecule has 0 aromatic heterocycles. The Kier molecular flexibility index (Phi) is 7.49. The van der Waals surface area contributed by atoms with Gasteiger partial charge in [0.15, 0.2) is 12.2 Å². The summed E-state index contributed by atoms with van der Waals surface area (Å²) in [4.78, 5) is -0.581. The highest BCUT2D eigenvalue weighted by atomic mass is 19.4. The third-order valence-corrected chi connectivity index (χ3v) is 5.00. The average Bonchev–Trinajstić information content (AvgIpc) is 3.16. The minimum Gasteiger partial charge on any atom is -0.362 e. The van der Waals surface area contributed by atoms with Gasteiger partial charge >= 0.3 is 30.4 Å². The first kappa shape index (κ1) is 28.1. The molecule has 2 heterocycles. The van der Waals surface area contributed by atoms with Crippen LogP contribution in [0.25, 0.3) is 0 Å². The van der Waals surface area contributed by atoms with Gasteiger partial charge in [-0.2, -0.15) is 48.3 Å². The van der Waals surface area contributed by atoms with Crippen LogP contribution in [0.15, 0.2) is 0 Å². The molecule has 33 heavy (non-hydrogen) atoms. The molecule has 2 rings (SSSR count). The Morgan fingerprint density at radius 3 is 1.30 bits per heavy atom. The molecule has 0 N–H and O–H groups in total. The van der Waals surface area contributed by atoms with Gasteiger partial charge in [-0.25, -0.2) is 17.6 Å². The first-order chi connectivity index (χ1) is 14.6. The fraction of sp³-hybridized carbons (Fsp3) is 1.00. The number of halogens is 15. The lowest BCUT2D eigenvalue weighted by Gasteiger charge is -2.42. The second-order valence-corrected chi connectivity index (χ2v) is 7.43. The molecule has 0 aromatic carbocycles. The van der Waals surface area contributed by atoms with E-state index in [9.17, 15) is 65.9 Å². The van der Waals surface area contributed by atoms with Crippen molar-refractivity contribution >= 4 is 0 Å². The lowest BCUT2D eigenvalue weighted by Crippen LogP contribution is -2.62. The van der Waals surface area contributed by atoms with E-state index < -0.39 is 98.1 Å². The topological polar surface area (TPSA) is 21.7 Å². The Labute approximate surface area is 174 Å². The van der Waals surface area contributed by atoms with Gasteiger partial charge < -0.3 is 9.47 Å². The van der Waals surface area contributed by atoms with Crippen molar-refractivity contribution in [3.63, 3.8) is 0 Å². The van der Waals surface area contributed by atoms with Gasteiger partial charge in [-0.1, -0.05) is 0 Å². The number of rotatable bonds is 5. The van der Waals surface area contributed by atoms with Gasteiger partial charge in [0.05, 0.1) is 0 Å². The van der Waals surface area contributed by atoms with Gasteiger partial charge in [0.1, 0.15) is 12.2 Å². The summed E-state index contributed by atoms with van der Waals surface area (Å²) in [5.74, 6) is -10.4. The fourth-order valence-electron chi connectivity index (χ4n) is 3.31. The molecule has 2 aliphatic heterocycles. The van der Waals surface area contributed by atoms with Gasteiger partial charge in [-0.05, 0) is 12.8 Å². The van der Waals surface area contributed by atoms with Crippen LogP contribution in [0.2, 0.25) is 0 Å². The van der Waals surface area contributed by atoms with Crippen LogP contribution in [0.3, 0.4) is 0 Å².